The Hall–Kier alpha value is -3.12. The molecule has 0 aliphatic carbocycles. The van der Waals surface area contributed by atoms with Crippen LogP contribution in [0.5, 0.6) is 0 Å². The number of fused-ring (bicyclic) bond motifs is 1. The summed E-state index contributed by atoms with van der Waals surface area (Å²) in [4.78, 5) is 0. The molecule has 4 aromatic rings. The summed E-state index contributed by atoms with van der Waals surface area (Å²) in [7, 11) is 0. The molecule has 0 aliphatic rings. The second-order valence-electron chi connectivity index (χ2n) is 9.38. The summed E-state index contributed by atoms with van der Waals surface area (Å²) in [6.07, 6.45) is 11.2. The highest BCUT2D eigenvalue weighted by Gasteiger charge is 2.15. The van der Waals surface area contributed by atoms with Crippen LogP contribution in [0.1, 0.15) is 62.6 Å². The lowest BCUT2D eigenvalue weighted by molar-refractivity contribution is 0.786. The van der Waals surface area contributed by atoms with Gasteiger partial charge in [0.15, 0.2) is 0 Å². The van der Waals surface area contributed by atoms with Crippen LogP contribution in [0.3, 0.4) is 0 Å². The molecule has 0 amide bonds. The highest BCUT2D eigenvalue weighted by Crippen LogP contribution is 2.37. The summed E-state index contributed by atoms with van der Waals surface area (Å²) in [5.74, 6) is 0. The Morgan fingerprint density at radius 1 is 0.676 bits per heavy atom. The van der Waals surface area contributed by atoms with E-state index in [1.165, 1.54) is 75.4 Å². The van der Waals surface area contributed by atoms with Crippen LogP contribution in [0.25, 0.3) is 33.0 Å². The molecule has 0 aliphatic heterocycles. The van der Waals surface area contributed by atoms with Gasteiger partial charge in [-0.15, -0.1) is 6.58 Å². The third kappa shape index (κ3) is 5.33. The first-order valence-electron chi connectivity index (χ1n) is 13.1. The molecule has 0 nitrogen and oxygen atoms in total. The minimum Gasteiger partial charge on any atom is -0.103 e. The van der Waals surface area contributed by atoms with Gasteiger partial charge in [0.1, 0.15) is 0 Å². The van der Waals surface area contributed by atoms with Crippen molar-refractivity contribution in [1.82, 2.24) is 0 Å². The minimum atomic E-state index is 1.01. The maximum Gasteiger partial charge on any atom is -0.0113 e. The van der Waals surface area contributed by atoms with E-state index in [2.05, 4.69) is 99.3 Å². The predicted molar refractivity (Wildman–Crippen MR) is 151 cm³/mol. The number of benzene rings is 4. The average molecular weight is 447 g/mol. The zero-order chi connectivity index (χ0) is 23.8. The zero-order valence-corrected chi connectivity index (χ0v) is 20.9. The van der Waals surface area contributed by atoms with Gasteiger partial charge in [-0.2, -0.15) is 0 Å². The fraction of sp³-hybridized carbons (Fsp3) is 0.294. The van der Waals surface area contributed by atoms with Gasteiger partial charge >= 0.3 is 0 Å². The summed E-state index contributed by atoms with van der Waals surface area (Å²) in [5, 5.41) is 2.81. The molecule has 0 spiro atoms. The highest BCUT2D eigenvalue weighted by atomic mass is 14.2. The Morgan fingerprint density at radius 3 is 2.12 bits per heavy atom. The molecule has 4 aromatic carbocycles. The largest absolute Gasteiger partial charge is 0.103 e. The zero-order valence-electron chi connectivity index (χ0n) is 20.9. The van der Waals surface area contributed by atoms with E-state index in [1.54, 1.807) is 0 Å². The second kappa shape index (κ2) is 11.8. The molecule has 0 saturated carbocycles. The number of rotatable bonds is 11. The second-order valence-corrected chi connectivity index (χ2v) is 9.38. The van der Waals surface area contributed by atoms with Gasteiger partial charge in [-0.3, -0.25) is 0 Å². The molecule has 0 fully saturated rings. The average Bonchev–Trinajstić information content (AvgIpc) is 2.89. The highest BCUT2D eigenvalue weighted by molar-refractivity contribution is 5.94. The summed E-state index contributed by atoms with van der Waals surface area (Å²) in [5.41, 5.74) is 9.91. The summed E-state index contributed by atoms with van der Waals surface area (Å²) in [6.45, 7) is 8.49. The predicted octanol–water partition coefficient (Wildman–Crippen LogP) is 9.98. The van der Waals surface area contributed by atoms with Gasteiger partial charge < -0.3 is 0 Å². The molecule has 34 heavy (non-hydrogen) atoms. The Kier molecular flexibility index (Phi) is 8.36. The SMILES string of the molecule is C=CCCc1ccccc1-c1ccc(-c2c(CCCC)cc3ccccc3c2CCCC)cc1. The van der Waals surface area contributed by atoms with Gasteiger partial charge in [0.2, 0.25) is 0 Å². The molecule has 0 aromatic heterocycles. The van der Waals surface area contributed by atoms with Gasteiger partial charge in [-0.05, 0) is 88.2 Å². The van der Waals surface area contributed by atoms with E-state index >= 15 is 0 Å². The van der Waals surface area contributed by atoms with E-state index in [-0.39, 0.29) is 0 Å². The third-order valence-corrected chi connectivity index (χ3v) is 6.94. The molecule has 0 unspecified atom stereocenters. The van der Waals surface area contributed by atoms with Crippen LogP contribution in [0, 0.1) is 0 Å². The van der Waals surface area contributed by atoms with Crippen molar-refractivity contribution in [3.8, 4) is 22.3 Å². The van der Waals surface area contributed by atoms with E-state index in [0.29, 0.717) is 0 Å². The van der Waals surface area contributed by atoms with Crippen LogP contribution in [-0.2, 0) is 19.3 Å². The summed E-state index contributed by atoms with van der Waals surface area (Å²) in [6, 6.07) is 29.6. The van der Waals surface area contributed by atoms with Gasteiger partial charge in [0.05, 0.1) is 0 Å². The topological polar surface area (TPSA) is 0 Å². The fourth-order valence-corrected chi connectivity index (χ4v) is 5.12. The maximum atomic E-state index is 3.90. The van der Waals surface area contributed by atoms with Crippen LogP contribution in [0.15, 0.2) is 91.5 Å². The molecular weight excluding hydrogens is 408 g/mol. The first-order chi connectivity index (χ1) is 16.8. The molecule has 0 saturated heterocycles. The Morgan fingerprint density at radius 2 is 1.35 bits per heavy atom. The van der Waals surface area contributed by atoms with E-state index < -0.39 is 0 Å². The number of allylic oxidation sites excluding steroid dienone is 1. The molecule has 0 atom stereocenters. The minimum absolute atomic E-state index is 1.01. The first kappa shape index (κ1) is 24.0. The van der Waals surface area contributed by atoms with Crippen molar-refractivity contribution in [2.24, 2.45) is 0 Å². The molecule has 0 bridgehead atoms. The van der Waals surface area contributed by atoms with Crippen LogP contribution in [-0.4, -0.2) is 0 Å². The quantitative estimate of drug-likeness (QED) is 0.201. The van der Waals surface area contributed by atoms with Gasteiger partial charge in [0, 0.05) is 0 Å². The van der Waals surface area contributed by atoms with E-state index in [1.807, 2.05) is 6.08 Å². The van der Waals surface area contributed by atoms with Crippen molar-refractivity contribution in [2.45, 2.75) is 65.2 Å². The molecule has 0 heterocycles. The summed E-state index contributed by atoms with van der Waals surface area (Å²) >= 11 is 0. The Labute approximate surface area is 206 Å². The molecule has 174 valence electrons. The molecule has 0 radical (unpaired) electrons. The van der Waals surface area contributed by atoms with Gasteiger partial charge in [-0.25, -0.2) is 0 Å². The van der Waals surface area contributed by atoms with Gasteiger partial charge in [0.25, 0.3) is 0 Å². The van der Waals surface area contributed by atoms with Crippen molar-refractivity contribution in [1.29, 1.82) is 0 Å². The van der Waals surface area contributed by atoms with Gasteiger partial charge in [-0.1, -0.05) is 112 Å². The first-order valence-corrected chi connectivity index (χ1v) is 13.1. The lowest BCUT2D eigenvalue weighted by Gasteiger charge is -2.19. The molecule has 4 rings (SSSR count). The van der Waals surface area contributed by atoms with Crippen LogP contribution < -0.4 is 0 Å². The molecule has 0 heteroatoms. The van der Waals surface area contributed by atoms with E-state index in [9.17, 15) is 0 Å². The molecule has 0 N–H and O–H groups in total. The summed E-state index contributed by atoms with van der Waals surface area (Å²) < 4.78 is 0. The lowest BCUT2D eigenvalue weighted by Crippen LogP contribution is -1.99. The Balaban J connectivity index is 1.82. The standard InChI is InChI=1S/C34H38/c1-4-7-14-26-16-10-12-19-31(26)27-21-23-28(24-22-27)34-30(15-8-5-2)25-29-17-11-13-20-32(29)33(34)18-9-6-3/h4,10-13,16-17,19-25H,1,5-9,14-15,18H2,2-3H3. The van der Waals surface area contributed by atoms with Crippen molar-refractivity contribution in [3.63, 3.8) is 0 Å². The smallest absolute Gasteiger partial charge is 0.0113 e. The maximum absolute atomic E-state index is 3.90. The van der Waals surface area contributed by atoms with E-state index in [0.717, 1.165) is 25.7 Å². The normalized spacial score (nSPS) is 11.1. The van der Waals surface area contributed by atoms with Crippen LogP contribution >= 0.6 is 0 Å². The fourth-order valence-electron chi connectivity index (χ4n) is 5.12. The van der Waals surface area contributed by atoms with Crippen molar-refractivity contribution >= 4 is 10.8 Å². The number of hydrogen-bond donors (Lipinski definition) is 0. The van der Waals surface area contributed by atoms with Crippen molar-refractivity contribution < 1.29 is 0 Å². The van der Waals surface area contributed by atoms with Crippen molar-refractivity contribution in [3.05, 3.63) is 108 Å². The van der Waals surface area contributed by atoms with E-state index in [4.69, 9.17) is 0 Å². The molecular formula is C34H38. The van der Waals surface area contributed by atoms with Crippen LogP contribution in [0.2, 0.25) is 0 Å². The third-order valence-electron chi connectivity index (χ3n) is 6.94. The monoisotopic (exact) mass is 446 g/mol. The number of hydrogen-bond acceptors (Lipinski definition) is 0. The number of aryl methyl sites for hydroxylation is 3. The van der Waals surface area contributed by atoms with Crippen molar-refractivity contribution in [2.75, 3.05) is 0 Å². The lowest BCUT2D eigenvalue weighted by atomic mass is 9.85. The number of unbranched alkanes of at least 4 members (excludes halogenated alkanes) is 2. The Bertz CT molecular complexity index is 1230. The van der Waals surface area contributed by atoms with Crippen LogP contribution in [0.4, 0.5) is 0 Å².